The number of carbonyl (C=O) groups is 1. The third kappa shape index (κ3) is 4.34. The van der Waals surface area contributed by atoms with E-state index < -0.39 is 5.91 Å². The van der Waals surface area contributed by atoms with Crippen LogP contribution in [0, 0.1) is 5.92 Å². The summed E-state index contributed by atoms with van der Waals surface area (Å²) in [5.74, 6) is 0.254. The molecular formula is C13H21N3O. The van der Waals surface area contributed by atoms with E-state index in [1.807, 2.05) is 0 Å². The van der Waals surface area contributed by atoms with Gasteiger partial charge in [-0.3, -0.25) is 4.79 Å². The van der Waals surface area contributed by atoms with Crippen LogP contribution in [0.25, 0.3) is 0 Å². The zero-order valence-electron chi connectivity index (χ0n) is 10.5. The predicted octanol–water partition coefficient (Wildman–Crippen LogP) is 2.22. The van der Waals surface area contributed by atoms with Gasteiger partial charge in [-0.25, -0.2) is 0 Å². The summed E-state index contributed by atoms with van der Waals surface area (Å²) in [6.07, 6.45) is 2.21. The molecule has 1 aromatic carbocycles. The summed E-state index contributed by atoms with van der Waals surface area (Å²) in [5.41, 5.74) is 12.8. The highest BCUT2D eigenvalue weighted by molar-refractivity contribution is 5.99. The van der Waals surface area contributed by atoms with Crippen molar-refractivity contribution in [1.82, 2.24) is 0 Å². The molecule has 0 spiro atoms. The zero-order chi connectivity index (χ0) is 12.8. The molecule has 0 aromatic heterocycles. The van der Waals surface area contributed by atoms with Gasteiger partial charge in [-0.1, -0.05) is 13.8 Å². The van der Waals surface area contributed by atoms with E-state index in [0.717, 1.165) is 25.1 Å². The van der Waals surface area contributed by atoms with Crippen LogP contribution in [-0.4, -0.2) is 12.5 Å². The van der Waals surface area contributed by atoms with Gasteiger partial charge in [0.25, 0.3) is 5.91 Å². The Balaban J connectivity index is 2.62. The summed E-state index contributed by atoms with van der Waals surface area (Å²) in [7, 11) is 0. The van der Waals surface area contributed by atoms with Crippen molar-refractivity contribution < 1.29 is 4.79 Å². The second-order valence-corrected chi connectivity index (χ2v) is 4.63. The van der Waals surface area contributed by atoms with Gasteiger partial charge >= 0.3 is 0 Å². The summed E-state index contributed by atoms with van der Waals surface area (Å²) in [6.45, 7) is 5.20. The normalized spacial score (nSPS) is 10.5. The highest BCUT2D eigenvalue weighted by atomic mass is 16.1. The standard InChI is InChI=1S/C13H21N3O/c1-9(2)4-3-7-16-12-8-10(14)5-6-11(12)13(15)17/h5-6,8-9,16H,3-4,7,14H2,1-2H3,(H2,15,17). The van der Waals surface area contributed by atoms with Crippen molar-refractivity contribution in [2.24, 2.45) is 11.7 Å². The molecule has 1 amide bonds. The van der Waals surface area contributed by atoms with Gasteiger partial charge in [0.1, 0.15) is 0 Å². The third-order valence-corrected chi connectivity index (χ3v) is 2.58. The van der Waals surface area contributed by atoms with Gasteiger partial charge in [0.05, 0.1) is 5.56 Å². The van der Waals surface area contributed by atoms with Crippen LogP contribution in [-0.2, 0) is 0 Å². The average molecular weight is 235 g/mol. The van der Waals surface area contributed by atoms with E-state index in [0.29, 0.717) is 17.2 Å². The van der Waals surface area contributed by atoms with Gasteiger partial charge in [-0.05, 0) is 37.0 Å². The Labute approximate surface area is 102 Å². The fourth-order valence-electron chi connectivity index (χ4n) is 1.66. The zero-order valence-corrected chi connectivity index (χ0v) is 10.5. The largest absolute Gasteiger partial charge is 0.399 e. The van der Waals surface area contributed by atoms with Crippen molar-refractivity contribution in [3.05, 3.63) is 23.8 Å². The van der Waals surface area contributed by atoms with Crippen LogP contribution >= 0.6 is 0 Å². The summed E-state index contributed by atoms with van der Waals surface area (Å²) in [6, 6.07) is 5.08. The van der Waals surface area contributed by atoms with Gasteiger partial charge in [0.15, 0.2) is 0 Å². The lowest BCUT2D eigenvalue weighted by atomic mass is 10.1. The van der Waals surface area contributed by atoms with E-state index in [1.54, 1.807) is 18.2 Å². The molecule has 1 rings (SSSR count). The molecule has 94 valence electrons. The van der Waals surface area contributed by atoms with Crippen molar-refractivity contribution in [3.8, 4) is 0 Å². The smallest absolute Gasteiger partial charge is 0.250 e. The lowest BCUT2D eigenvalue weighted by molar-refractivity contribution is 0.100. The lowest BCUT2D eigenvalue weighted by Gasteiger charge is -2.11. The van der Waals surface area contributed by atoms with Crippen LogP contribution in [0.5, 0.6) is 0 Å². The Morgan fingerprint density at radius 2 is 2.12 bits per heavy atom. The van der Waals surface area contributed by atoms with E-state index in [4.69, 9.17) is 11.5 Å². The number of primary amides is 1. The van der Waals surface area contributed by atoms with Crippen LogP contribution in [0.1, 0.15) is 37.0 Å². The molecule has 0 unspecified atom stereocenters. The molecule has 4 heteroatoms. The fourth-order valence-corrected chi connectivity index (χ4v) is 1.66. The highest BCUT2D eigenvalue weighted by Gasteiger charge is 2.07. The molecule has 17 heavy (non-hydrogen) atoms. The SMILES string of the molecule is CC(C)CCCNc1cc(N)ccc1C(N)=O. The molecule has 0 atom stereocenters. The first kappa shape index (κ1) is 13.4. The van der Waals surface area contributed by atoms with Crippen molar-refractivity contribution in [3.63, 3.8) is 0 Å². The Kier molecular flexibility index (Phi) is 4.82. The molecule has 1 aromatic rings. The molecule has 5 N–H and O–H groups in total. The maximum absolute atomic E-state index is 11.2. The van der Waals surface area contributed by atoms with Gasteiger partial charge in [0, 0.05) is 17.9 Å². The molecule has 0 bridgehead atoms. The molecule has 0 heterocycles. The number of carbonyl (C=O) groups excluding carboxylic acids is 1. The second-order valence-electron chi connectivity index (χ2n) is 4.63. The first-order valence-electron chi connectivity index (χ1n) is 5.94. The van der Waals surface area contributed by atoms with Crippen LogP contribution in [0.4, 0.5) is 11.4 Å². The minimum atomic E-state index is -0.434. The van der Waals surface area contributed by atoms with Crippen LogP contribution in [0.2, 0.25) is 0 Å². The number of hydrogen-bond acceptors (Lipinski definition) is 3. The second kappa shape index (κ2) is 6.13. The Morgan fingerprint density at radius 1 is 1.41 bits per heavy atom. The van der Waals surface area contributed by atoms with Crippen molar-refractivity contribution in [1.29, 1.82) is 0 Å². The van der Waals surface area contributed by atoms with E-state index in [2.05, 4.69) is 19.2 Å². The summed E-state index contributed by atoms with van der Waals surface area (Å²) in [5, 5.41) is 3.21. The summed E-state index contributed by atoms with van der Waals surface area (Å²) < 4.78 is 0. The molecule has 0 aliphatic heterocycles. The van der Waals surface area contributed by atoms with Crippen molar-refractivity contribution in [2.45, 2.75) is 26.7 Å². The van der Waals surface area contributed by atoms with Gasteiger partial charge in [0.2, 0.25) is 0 Å². The first-order chi connectivity index (χ1) is 8.00. The van der Waals surface area contributed by atoms with Crippen molar-refractivity contribution in [2.75, 3.05) is 17.6 Å². The fraction of sp³-hybridized carbons (Fsp3) is 0.462. The third-order valence-electron chi connectivity index (χ3n) is 2.58. The number of hydrogen-bond donors (Lipinski definition) is 3. The molecule has 0 aliphatic rings. The maximum Gasteiger partial charge on any atom is 0.250 e. The van der Waals surface area contributed by atoms with Gasteiger partial charge in [-0.15, -0.1) is 0 Å². The Morgan fingerprint density at radius 3 is 2.71 bits per heavy atom. The van der Waals surface area contributed by atoms with E-state index in [9.17, 15) is 4.79 Å². The van der Waals surface area contributed by atoms with Crippen molar-refractivity contribution >= 4 is 17.3 Å². The van der Waals surface area contributed by atoms with Gasteiger partial charge in [-0.2, -0.15) is 0 Å². The monoisotopic (exact) mass is 235 g/mol. The average Bonchev–Trinajstić information content (AvgIpc) is 2.23. The Hall–Kier alpha value is -1.71. The number of nitrogens with two attached hydrogens (primary N) is 2. The number of benzene rings is 1. The van der Waals surface area contributed by atoms with Gasteiger partial charge < -0.3 is 16.8 Å². The minimum Gasteiger partial charge on any atom is -0.399 e. The minimum absolute atomic E-state index is 0.434. The van der Waals surface area contributed by atoms with Crippen LogP contribution in [0.3, 0.4) is 0 Å². The number of anilines is 2. The molecule has 0 saturated carbocycles. The van der Waals surface area contributed by atoms with E-state index in [-0.39, 0.29) is 0 Å². The number of rotatable bonds is 6. The Bertz CT molecular complexity index is 388. The molecule has 0 fully saturated rings. The number of amides is 1. The molecule has 4 nitrogen and oxygen atoms in total. The van der Waals surface area contributed by atoms with E-state index in [1.165, 1.54) is 0 Å². The topological polar surface area (TPSA) is 81.1 Å². The maximum atomic E-state index is 11.2. The van der Waals surface area contributed by atoms with E-state index >= 15 is 0 Å². The molecular weight excluding hydrogens is 214 g/mol. The number of nitrogen functional groups attached to an aromatic ring is 1. The van der Waals surface area contributed by atoms with Crippen LogP contribution < -0.4 is 16.8 Å². The lowest BCUT2D eigenvalue weighted by Crippen LogP contribution is -2.15. The quantitative estimate of drug-likeness (QED) is 0.522. The summed E-state index contributed by atoms with van der Waals surface area (Å²) in [4.78, 5) is 11.2. The molecule has 0 aliphatic carbocycles. The summed E-state index contributed by atoms with van der Waals surface area (Å²) >= 11 is 0. The number of nitrogens with one attached hydrogen (secondary N) is 1. The molecule has 0 radical (unpaired) electrons. The van der Waals surface area contributed by atoms with Crippen LogP contribution in [0.15, 0.2) is 18.2 Å². The predicted molar refractivity (Wildman–Crippen MR) is 71.9 cm³/mol. The molecule has 0 saturated heterocycles. The first-order valence-corrected chi connectivity index (χ1v) is 5.94. The highest BCUT2D eigenvalue weighted by Crippen LogP contribution is 2.19.